The van der Waals surface area contributed by atoms with Crippen molar-refractivity contribution in [2.75, 3.05) is 50.8 Å². The first-order chi connectivity index (χ1) is 21.7. The number of ether oxygens (including phenoxy) is 1. The van der Waals surface area contributed by atoms with Gasteiger partial charge in [-0.25, -0.2) is 14.8 Å². The summed E-state index contributed by atoms with van der Waals surface area (Å²) in [5.74, 6) is 0.758. The van der Waals surface area contributed by atoms with Gasteiger partial charge in [0.25, 0.3) is 5.91 Å². The van der Waals surface area contributed by atoms with E-state index in [1.807, 2.05) is 51.1 Å². The maximum Gasteiger partial charge on any atom is 0.409 e. The Balaban J connectivity index is 1.27. The van der Waals surface area contributed by atoms with Crippen LogP contribution in [-0.4, -0.2) is 101 Å². The van der Waals surface area contributed by atoms with Crippen molar-refractivity contribution in [1.82, 2.24) is 25.1 Å². The molecule has 45 heavy (non-hydrogen) atoms. The van der Waals surface area contributed by atoms with Gasteiger partial charge in [0.1, 0.15) is 17.6 Å². The molecule has 2 saturated heterocycles. The summed E-state index contributed by atoms with van der Waals surface area (Å²) in [6, 6.07) is 10.4. The van der Waals surface area contributed by atoms with Crippen LogP contribution in [0.15, 0.2) is 36.4 Å². The Labute approximate surface area is 264 Å². The van der Waals surface area contributed by atoms with Gasteiger partial charge in [-0.05, 0) is 36.5 Å². The summed E-state index contributed by atoms with van der Waals surface area (Å²) in [4.78, 5) is 65.6. The van der Waals surface area contributed by atoms with Gasteiger partial charge >= 0.3 is 12.1 Å². The van der Waals surface area contributed by atoms with Crippen LogP contribution in [0.5, 0.6) is 0 Å². The number of fused-ring (bicyclic) bond motifs is 1. The summed E-state index contributed by atoms with van der Waals surface area (Å²) in [5, 5.41) is 12.0. The maximum atomic E-state index is 13.7. The van der Waals surface area contributed by atoms with Gasteiger partial charge in [0.15, 0.2) is 5.82 Å². The van der Waals surface area contributed by atoms with Crippen LogP contribution in [-0.2, 0) is 14.3 Å². The minimum atomic E-state index is -0.770. The highest BCUT2D eigenvalue weighted by Crippen LogP contribution is 2.54. The molecule has 5 rings (SSSR count). The third-order valence-corrected chi connectivity index (χ3v) is 9.16. The summed E-state index contributed by atoms with van der Waals surface area (Å²) < 4.78 is 5.32. The van der Waals surface area contributed by atoms with Crippen molar-refractivity contribution in [3.8, 4) is 11.4 Å². The number of carboxylic acid groups (broad SMARTS) is 1. The largest absolute Gasteiger partial charge is 0.481 e. The average molecular weight is 621 g/mol. The quantitative estimate of drug-likeness (QED) is 0.341. The summed E-state index contributed by atoms with van der Waals surface area (Å²) in [6.07, 6.45) is 2.27. The molecule has 0 bridgehead atoms. The minimum absolute atomic E-state index is 0.179. The number of nitrogens with one attached hydrogen (secondary N) is 1. The minimum Gasteiger partial charge on any atom is -0.481 e. The molecule has 1 aromatic carbocycles. The predicted octanol–water partition coefficient (Wildman–Crippen LogP) is 3.53. The fourth-order valence-corrected chi connectivity index (χ4v) is 6.41. The molecule has 3 amide bonds. The molecule has 2 aromatic rings. The number of piperidine rings is 1. The van der Waals surface area contributed by atoms with Crippen molar-refractivity contribution in [2.45, 2.75) is 52.5 Å². The first-order valence-electron chi connectivity index (χ1n) is 16.1. The van der Waals surface area contributed by atoms with Crippen LogP contribution in [0.4, 0.5) is 10.6 Å². The number of piperazine rings is 1. The molecule has 3 aliphatic rings. The van der Waals surface area contributed by atoms with Crippen molar-refractivity contribution in [3.63, 3.8) is 0 Å². The molecule has 1 aliphatic carbocycles. The third-order valence-electron chi connectivity index (χ3n) is 9.16. The van der Waals surface area contributed by atoms with E-state index in [1.54, 1.807) is 15.9 Å². The second-order valence-corrected chi connectivity index (χ2v) is 12.6. The molecule has 242 valence electrons. The lowest BCUT2D eigenvalue weighted by Crippen LogP contribution is -2.57. The Kier molecular flexibility index (Phi) is 10.2. The Bertz CT molecular complexity index is 1370. The maximum absolute atomic E-state index is 13.7. The number of carbonyl (C=O) groups is 4. The SMILES string of the molecule is CCCCOC(=O)N1CCN(C(=O)[C@@H](NC(=O)c2cc(N3CC4C(CCC(=O)O)C4C3)nc(-c3ccccc3)n2)C(C)C)CC1. The number of amides is 3. The number of carbonyl (C=O) groups excluding carboxylic acids is 3. The monoisotopic (exact) mass is 620 g/mol. The van der Waals surface area contributed by atoms with Crippen LogP contribution < -0.4 is 10.2 Å². The molecular formula is C33H44N6O6. The van der Waals surface area contributed by atoms with Gasteiger partial charge < -0.3 is 29.9 Å². The topological polar surface area (TPSA) is 145 Å². The molecule has 2 unspecified atom stereocenters. The molecular weight excluding hydrogens is 576 g/mol. The lowest BCUT2D eigenvalue weighted by molar-refractivity contribution is -0.137. The number of aliphatic carboxylic acids is 1. The summed E-state index contributed by atoms with van der Waals surface area (Å²) in [7, 11) is 0. The van der Waals surface area contributed by atoms with Gasteiger partial charge in [-0.1, -0.05) is 57.5 Å². The molecule has 12 nitrogen and oxygen atoms in total. The van der Waals surface area contributed by atoms with E-state index in [0.29, 0.717) is 68.6 Å². The molecule has 1 saturated carbocycles. The molecule has 3 atom stereocenters. The van der Waals surface area contributed by atoms with E-state index in [0.717, 1.165) is 31.5 Å². The van der Waals surface area contributed by atoms with Crippen LogP contribution in [0.2, 0.25) is 0 Å². The van der Waals surface area contributed by atoms with E-state index in [9.17, 15) is 19.2 Å². The number of benzene rings is 1. The zero-order valence-corrected chi connectivity index (χ0v) is 26.4. The normalized spacial score (nSPS) is 21.3. The van der Waals surface area contributed by atoms with Crippen molar-refractivity contribution >= 4 is 29.7 Å². The lowest BCUT2D eigenvalue weighted by atomic mass is 10.0. The van der Waals surface area contributed by atoms with E-state index in [4.69, 9.17) is 14.8 Å². The Morgan fingerprint density at radius 1 is 1.00 bits per heavy atom. The fourth-order valence-electron chi connectivity index (χ4n) is 6.41. The molecule has 0 spiro atoms. The van der Waals surface area contributed by atoms with Crippen molar-refractivity contribution in [3.05, 3.63) is 42.1 Å². The highest BCUT2D eigenvalue weighted by Gasteiger charge is 2.55. The van der Waals surface area contributed by atoms with Crippen LogP contribution in [0.25, 0.3) is 11.4 Å². The standard InChI is InChI=1S/C33H44N6O6/c1-4-5-17-45-33(44)38-15-13-37(14-16-38)32(43)29(21(2)3)36-31(42)26-18-27(35-30(34-26)22-9-7-6-8-10-22)39-19-24-23(25(24)20-39)11-12-28(40)41/h6-10,18,21,23-25,29H,4-5,11-17,19-20H2,1-3H3,(H,36,42)(H,40,41)/t23?,24?,25?,29-/m0/s1. The molecule has 1 aromatic heterocycles. The van der Waals surface area contributed by atoms with E-state index >= 15 is 0 Å². The number of carboxylic acids is 1. The first-order valence-corrected chi connectivity index (χ1v) is 16.1. The van der Waals surface area contributed by atoms with Gasteiger partial charge in [0.05, 0.1) is 6.61 Å². The molecule has 12 heteroatoms. The highest BCUT2D eigenvalue weighted by atomic mass is 16.6. The zero-order valence-electron chi connectivity index (χ0n) is 26.4. The Morgan fingerprint density at radius 3 is 2.29 bits per heavy atom. The molecule has 2 N–H and O–H groups in total. The van der Waals surface area contributed by atoms with Crippen LogP contribution >= 0.6 is 0 Å². The van der Waals surface area contributed by atoms with Crippen LogP contribution in [0.3, 0.4) is 0 Å². The van der Waals surface area contributed by atoms with Crippen molar-refractivity contribution in [1.29, 1.82) is 0 Å². The van der Waals surface area contributed by atoms with Gasteiger partial charge in [-0.2, -0.15) is 0 Å². The third kappa shape index (κ3) is 7.72. The van der Waals surface area contributed by atoms with E-state index in [-0.39, 0.29) is 30.0 Å². The van der Waals surface area contributed by atoms with E-state index in [1.165, 1.54) is 0 Å². The van der Waals surface area contributed by atoms with Crippen LogP contribution in [0.1, 0.15) is 56.9 Å². The van der Waals surface area contributed by atoms with Crippen LogP contribution in [0, 0.1) is 23.7 Å². The molecule has 2 aliphatic heterocycles. The summed E-state index contributed by atoms with van der Waals surface area (Å²) in [5.41, 5.74) is 0.958. The van der Waals surface area contributed by atoms with E-state index in [2.05, 4.69) is 15.2 Å². The Hall–Kier alpha value is -4.22. The lowest BCUT2D eigenvalue weighted by Gasteiger charge is -2.36. The number of hydrogen-bond donors (Lipinski definition) is 2. The number of unbranched alkanes of at least 4 members (excludes halogenated alkanes) is 1. The number of nitrogens with zero attached hydrogens (tertiary/aromatic N) is 5. The number of anilines is 1. The van der Waals surface area contributed by atoms with Crippen molar-refractivity contribution in [2.24, 2.45) is 23.7 Å². The molecule has 3 fully saturated rings. The summed E-state index contributed by atoms with van der Waals surface area (Å²) >= 11 is 0. The second kappa shape index (κ2) is 14.3. The van der Waals surface area contributed by atoms with Gasteiger partial charge in [-0.15, -0.1) is 0 Å². The second-order valence-electron chi connectivity index (χ2n) is 12.6. The van der Waals surface area contributed by atoms with Crippen molar-refractivity contribution < 1.29 is 29.0 Å². The zero-order chi connectivity index (χ0) is 32.1. The predicted molar refractivity (Wildman–Crippen MR) is 168 cm³/mol. The number of rotatable bonds is 12. The fraction of sp³-hybridized carbons (Fsp3) is 0.576. The Morgan fingerprint density at radius 2 is 1.67 bits per heavy atom. The van der Waals surface area contributed by atoms with Gasteiger partial charge in [-0.3, -0.25) is 14.4 Å². The number of hydrogen-bond acceptors (Lipinski definition) is 8. The van der Waals surface area contributed by atoms with E-state index < -0.39 is 17.9 Å². The summed E-state index contributed by atoms with van der Waals surface area (Å²) in [6.45, 7) is 9.19. The first kappa shape index (κ1) is 32.2. The van der Waals surface area contributed by atoms with Gasteiger partial charge in [0, 0.05) is 57.3 Å². The van der Waals surface area contributed by atoms with Gasteiger partial charge in [0.2, 0.25) is 5.91 Å². The number of aromatic nitrogens is 2. The highest BCUT2D eigenvalue weighted by molar-refractivity contribution is 5.97. The smallest absolute Gasteiger partial charge is 0.409 e. The molecule has 0 radical (unpaired) electrons. The average Bonchev–Trinajstić information content (AvgIpc) is 3.50. The molecule has 3 heterocycles.